The molecule has 2 heterocycles. The number of carbonyl (C=O) groups excluding carboxylic acids is 1. The van der Waals surface area contributed by atoms with E-state index in [0.717, 1.165) is 53.9 Å². The fourth-order valence-corrected chi connectivity index (χ4v) is 4.61. The number of hydrogen-bond donors (Lipinski definition) is 3. The molecule has 3 N–H and O–H groups in total. The van der Waals surface area contributed by atoms with Crippen LogP contribution in [0.4, 0.5) is 0 Å². The highest BCUT2D eigenvalue weighted by atomic mass is 32.1. The number of hydrogen-bond acceptors (Lipinski definition) is 6. The lowest BCUT2D eigenvalue weighted by Gasteiger charge is -2.31. The van der Waals surface area contributed by atoms with E-state index in [-0.39, 0.29) is 11.9 Å². The van der Waals surface area contributed by atoms with Gasteiger partial charge in [0.05, 0.1) is 10.2 Å². The maximum atomic E-state index is 11.8. The number of amides is 1. The van der Waals surface area contributed by atoms with Gasteiger partial charge in [-0.15, -0.1) is 0 Å². The molecular formula is C22H25N3O3S. The predicted molar refractivity (Wildman–Crippen MR) is 114 cm³/mol. The monoisotopic (exact) mass is 411 g/mol. The zero-order chi connectivity index (χ0) is 20.1. The number of carbonyl (C=O) groups is 1. The van der Waals surface area contributed by atoms with Crippen LogP contribution in [0.1, 0.15) is 18.4 Å². The van der Waals surface area contributed by atoms with E-state index in [1.54, 1.807) is 0 Å². The highest BCUT2D eigenvalue weighted by molar-refractivity contribution is 7.20. The topological polar surface area (TPSA) is 83.5 Å². The summed E-state index contributed by atoms with van der Waals surface area (Å²) in [6.45, 7) is 1.45. The van der Waals surface area contributed by atoms with Crippen LogP contribution >= 0.6 is 11.3 Å². The Bertz CT molecular complexity index is 918. The summed E-state index contributed by atoms with van der Waals surface area (Å²) in [6.07, 6.45) is 2.78. The van der Waals surface area contributed by atoms with Gasteiger partial charge in [0.15, 0.2) is 0 Å². The molecule has 2 aromatic carbocycles. The molecule has 0 radical (unpaired) electrons. The summed E-state index contributed by atoms with van der Waals surface area (Å²) >= 11 is 1.52. The zero-order valence-corrected chi connectivity index (χ0v) is 17.0. The third kappa shape index (κ3) is 5.12. The van der Waals surface area contributed by atoms with Crippen molar-refractivity contribution in [2.45, 2.75) is 25.3 Å². The molecular weight excluding hydrogens is 386 g/mol. The number of piperidine rings is 1. The Kier molecular flexibility index (Phi) is 6.39. The van der Waals surface area contributed by atoms with Crippen molar-refractivity contribution in [3.63, 3.8) is 0 Å². The summed E-state index contributed by atoms with van der Waals surface area (Å²) in [5.41, 5.74) is 2.07. The van der Waals surface area contributed by atoms with E-state index in [2.05, 4.69) is 15.6 Å². The second-order valence-electron chi connectivity index (χ2n) is 7.32. The van der Waals surface area contributed by atoms with Crippen molar-refractivity contribution < 1.29 is 14.6 Å². The van der Waals surface area contributed by atoms with E-state index in [9.17, 15) is 4.79 Å². The van der Waals surface area contributed by atoms with Crippen LogP contribution in [0.25, 0.3) is 10.2 Å². The first-order valence-corrected chi connectivity index (χ1v) is 10.8. The second kappa shape index (κ2) is 9.35. The molecule has 4 rings (SSSR count). The molecule has 1 aliphatic rings. The van der Waals surface area contributed by atoms with E-state index < -0.39 is 6.61 Å². The molecule has 1 amide bonds. The van der Waals surface area contributed by atoms with E-state index in [0.29, 0.717) is 11.1 Å². The number of fused-ring (bicyclic) bond motifs is 1. The van der Waals surface area contributed by atoms with Crippen LogP contribution in [-0.4, -0.2) is 41.7 Å². The number of rotatable bonds is 7. The molecule has 1 unspecified atom stereocenters. The number of para-hydroxylation sites is 1. The normalized spacial score (nSPS) is 15.9. The van der Waals surface area contributed by atoms with Crippen molar-refractivity contribution in [2.24, 2.45) is 5.92 Å². The van der Waals surface area contributed by atoms with E-state index in [4.69, 9.17) is 9.84 Å². The van der Waals surface area contributed by atoms with Gasteiger partial charge in [0.1, 0.15) is 12.4 Å². The molecule has 1 aromatic heterocycles. The van der Waals surface area contributed by atoms with E-state index in [1.165, 1.54) is 11.3 Å². The van der Waals surface area contributed by atoms with Crippen molar-refractivity contribution in [1.82, 2.24) is 15.6 Å². The zero-order valence-electron chi connectivity index (χ0n) is 16.1. The number of thiazole rings is 1. The summed E-state index contributed by atoms with van der Waals surface area (Å²) in [7, 11) is 0. The van der Waals surface area contributed by atoms with Crippen molar-refractivity contribution in [1.29, 1.82) is 0 Å². The van der Waals surface area contributed by atoms with Crippen LogP contribution < -0.4 is 15.4 Å². The minimum Gasteiger partial charge on any atom is -0.431 e. The molecule has 0 spiro atoms. The van der Waals surface area contributed by atoms with Crippen LogP contribution in [0.2, 0.25) is 0 Å². The van der Waals surface area contributed by atoms with Crippen molar-refractivity contribution in [3.8, 4) is 10.9 Å². The van der Waals surface area contributed by atoms with Gasteiger partial charge in [-0.25, -0.2) is 4.98 Å². The standard InChI is InChI=1S/C22H25N3O3S/c26-14-21(27)24-19(16-9-11-23-12-10-16)13-15-5-7-17(8-6-15)28-22-25-18-3-1-2-4-20(18)29-22/h1-8,16,19,23,26H,9-14H2,(H,24,27). The molecule has 1 saturated heterocycles. The van der Waals surface area contributed by atoms with E-state index >= 15 is 0 Å². The summed E-state index contributed by atoms with van der Waals surface area (Å²) < 4.78 is 7.02. The fraction of sp³-hybridized carbons (Fsp3) is 0.364. The van der Waals surface area contributed by atoms with Gasteiger partial charge in [0, 0.05) is 6.04 Å². The van der Waals surface area contributed by atoms with Crippen LogP contribution in [0.15, 0.2) is 48.5 Å². The van der Waals surface area contributed by atoms with Gasteiger partial charge in [-0.05, 0) is 68.1 Å². The van der Waals surface area contributed by atoms with Crippen molar-refractivity contribution >= 4 is 27.5 Å². The van der Waals surface area contributed by atoms with Crippen LogP contribution in [0.3, 0.4) is 0 Å². The first-order valence-electron chi connectivity index (χ1n) is 9.94. The minimum atomic E-state index is -0.476. The number of benzene rings is 2. The Morgan fingerprint density at radius 2 is 1.97 bits per heavy atom. The molecule has 0 aliphatic carbocycles. The minimum absolute atomic E-state index is 0.0211. The van der Waals surface area contributed by atoms with Gasteiger partial charge in [-0.2, -0.15) is 0 Å². The number of nitrogens with zero attached hydrogens (tertiary/aromatic N) is 1. The van der Waals surface area contributed by atoms with Gasteiger partial charge in [-0.3, -0.25) is 4.79 Å². The Labute approximate surface area is 173 Å². The third-order valence-corrected chi connectivity index (χ3v) is 6.22. The SMILES string of the molecule is O=C(CO)NC(Cc1ccc(Oc2nc3ccccc3s2)cc1)C1CCNCC1. The quantitative estimate of drug-likeness (QED) is 0.556. The maximum Gasteiger partial charge on any atom is 0.279 e. The molecule has 152 valence electrons. The predicted octanol–water partition coefficient (Wildman–Crippen LogP) is 3.11. The largest absolute Gasteiger partial charge is 0.431 e. The summed E-state index contributed by atoms with van der Waals surface area (Å²) in [5, 5.41) is 16.1. The molecule has 29 heavy (non-hydrogen) atoms. The van der Waals surface area contributed by atoms with Crippen molar-refractivity contribution in [2.75, 3.05) is 19.7 Å². The maximum absolute atomic E-state index is 11.8. The molecule has 1 aliphatic heterocycles. The molecule has 0 bridgehead atoms. The average Bonchev–Trinajstić information content (AvgIpc) is 3.17. The lowest BCUT2D eigenvalue weighted by atomic mass is 9.86. The highest BCUT2D eigenvalue weighted by Gasteiger charge is 2.25. The van der Waals surface area contributed by atoms with Gasteiger partial charge in [0.25, 0.3) is 5.19 Å². The highest BCUT2D eigenvalue weighted by Crippen LogP contribution is 2.31. The van der Waals surface area contributed by atoms with Crippen LogP contribution in [0.5, 0.6) is 10.9 Å². The molecule has 6 nitrogen and oxygen atoms in total. The van der Waals surface area contributed by atoms with Gasteiger partial charge < -0.3 is 20.5 Å². The van der Waals surface area contributed by atoms with Crippen LogP contribution in [-0.2, 0) is 11.2 Å². The Balaban J connectivity index is 1.43. The average molecular weight is 412 g/mol. The molecule has 7 heteroatoms. The summed E-state index contributed by atoms with van der Waals surface area (Å²) in [5.74, 6) is 0.834. The van der Waals surface area contributed by atoms with E-state index in [1.807, 2.05) is 48.5 Å². The second-order valence-corrected chi connectivity index (χ2v) is 8.31. The number of nitrogens with one attached hydrogen (secondary N) is 2. The molecule has 1 atom stereocenters. The Morgan fingerprint density at radius 3 is 2.69 bits per heavy atom. The first-order chi connectivity index (χ1) is 14.2. The Hall–Kier alpha value is -2.48. The fourth-order valence-electron chi connectivity index (χ4n) is 3.78. The summed E-state index contributed by atoms with van der Waals surface area (Å²) in [4.78, 5) is 16.3. The lowest BCUT2D eigenvalue weighted by molar-refractivity contribution is -0.125. The third-order valence-electron chi connectivity index (χ3n) is 5.30. The molecule has 0 saturated carbocycles. The number of aliphatic hydroxyl groups excluding tert-OH is 1. The number of ether oxygens (including phenoxy) is 1. The molecule has 1 fully saturated rings. The van der Waals surface area contributed by atoms with Crippen molar-refractivity contribution in [3.05, 3.63) is 54.1 Å². The van der Waals surface area contributed by atoms with Crippen LogP contribution in [0, 0.1) is 5.92 Å². The van der Waals surface area contributed by atoms with Gasteiger partial charge >= 0.3 is 0 Å². The smallest absolute Gasteiger partial charge is 0.279 e. The van der Waals surface area contributed by atoms with Gasteiger partial charge in [-0.1, -0.05) is 35.6 Å². The molecule has 3 aromatic rings. The summed E-state index contributed by atoms with van der Waals surface area (Å²) in [6, 6.07) is 15.9. The Morgan fingerprint density at radius 1 is 1.21 bits per heavy atom. The van der Waals surface area contributed by atoms with Gasteiger partial charge in [0.2, 0.25) is 5.91 Å². The number of aromatic nitrogens is 1. The first kappa shape index (κ1) is 19.8. The lowest BCUT2D eigenvalue weighted by Crippen LogP contribution is -2.46. The number of aliphatic hydroxyl groups is 1.